The maximum Gasteiger partial charge on any atom is 0.306 e. The highest BCUT2D eigenvalue weighted by molar-refractivity contribution is 5.69. The first-order valence-corrected chi connectivity index (χ1v) is 26.1. The maximum absolute atomic E-state index is 13.0. The molecule has 14 nitrogen and oxygen atoms in total. The standard InChI is InChI=1S/C57H90O14/c1-3-5-7-9-11-13-15-17-19-20-21-22-23-24-25-27-29-31-33-35-37-39-41-66-43-46(69-49(59)40-38-36-34-32-30-28-26-18-16-14-12-10-8-6-4-2)44-67-56-55(65)53(63)51(61)48(71-56)45-68-57-54(64)52(62)50(60)47(42-58)70-57/h5-8,11-14,17-19,21-22,24-26,29-32,46-48,50-58,60-65H,3-4,9-10,15-16,20,23,27-28,33-45H2,1-2H3/b7-5-,8-6-,13-11-,14-12-,19-17-,22-21-,25-24-,26-18-,31-29-,32-30-. The molecule has 0 aromatic heterocycles. The first-order valence-electron chi connectivity index (χ1n) is 26.1. The number of rotatable bonds is 39. The summed E-state index contributed by atoms with van der Waals surface area (Å²) in [5.74, 6) is -0.435. The van der Waals surface area contributed by atoms with Gasteiger partial charge in [0.2, 0.25) is 0 Å². The van der Waals surface area contributed by atoms with Crippen molar-refractivity contribution in [3.8, 4) is 0 Å². The third kappa shape index (κ3) is 30.3. The van der Waals surface area contributed by atoms with E-state index in [-0.39, 0.29) is 19.6 Å². The van der Waals surface area contributed by atoms with Gasteiger partial charge in [0.25, 0.3) is 0 Å². The average molecular weight is 999 g/mol. The molecule has 0 bridgehead atoms. The molecule has 11 atom stereocenters. The molecule has 0 aliphatic carbocycles. The summed E-state index contributed by atoms with van der Waals surface area (Å²) in [6, 6.07) is 0. The number of aliphatic hydroxyl groups is 7. The number of unbranched alkanes of at least 4 members (excludes halogenated alkanes) is 5. The number of hydrogen-bond acceptors (Lipinski definition) is 14. The molecule has 2 rings (SSSR count). The molecule has 0 aromatic rings. The molecule has 11 unspecified atom stereocenters. The van der Waals surface area contributed by atoms with Crippen LogP contribution in [0.1, 0.15) is 129 Å². The monoisotopic (exact) mass is 999 g/mol. The molecule has 2 fully saturated rings. The Bertz CT molecular complexity index is 1630. The first-order chi connectivity index (χ1) is 34.6. The van der Waals surface area contributed by atoms with Crippen LogP contribution in [0, 0.1) is 0 Å². The van der Waals surface area contributed by atoms with E-state index >= 15 is 0 Å². The second-order valence-corrected chi connectivity index (χ2v) is 17.6. The first kappa shape index (κ1) is 63.5. The van der Waals surface area contributed by atoms with E-state index in [1.165, 1.54) is 0 Å². The van der Waals surface area contributed by atoms with Gasteiger partial charge < -0.3 is 64.2 Å². The lowest BCUT2D eigenvalue weighted by Gasteiger charge is -2.42. The fraction of sp³-hybridized carbons (Fsp3) is 0.632. The van der Waals surface area contributed by atoms with E-state index in [9.17, 15) is 40.5 Å². The van der Waals surface area contributed by atoms with Crippen molar-refractivity contribution in [3.63, 3.8) is 0 Å². The molecule has 2 aliphatic rings. The minimum Gasteiger partial charge on any atom is -0.457 e. The summed E-state index contributed by atoms with van der Waals surface area (Å²) < 4.78 is 34.2. The summed E-state index contributed by atoms with van der Waals surface area (Å²) in [6.07, 6.45) is 42.7. The van der Waals surface area contributed by atoms with E-state index in [0.29, 0.717) is 13.0 Å². The van der Waals surface area contributed by atoms with Crippen LogP contribution in [0.15, 0.2) is 122 Å². The minimum absolute atomic E-state index is 0.0124. The third-order valence-corrected chi connectivity index (χ3v) is 11.5. The molecule has 0 saturated carbocycles. The number of carbonyl (C=O) groups is 1. The number of hydrogen-bond donors (Lipinski definition) is 7. The van der Waals surface area contributed by atoms with Crippen LogP contribution in [0.2, 0.25) is 0 Å². The largest absolute Gasteiger partial charge is 0.457 e. The van der Waals surface area contributed by atoms with E-state index in [4.69, 9.17) is 28.4 Å². The number of ether oxygens (including phenoxy) is 6. The Kier molecular flexibility index (Phi) is 38.3. The molecule has 14 heteroatoms. The molecule has 2 aliphatic heterocycles. The van der Waals surface area contributed by atoms with Crippen molar-refractivity contribution in [3.05, 3.63) is 122 Å². The van der Waals surface area contributed by atoms with Crippen LogP contribution in [-0.4, -0.2) is 142 Å². The SMILES string of the molecule is CC/C=C\C/C=C\C/C=C\C/C=C\C/C=C\C/C=C\CCCCCOCC(COC1OC(COC2OC(CO)C(O)C(O)C2O)C(O)C(O)C1O)OC(=O)CCCC/C=C\C/C=C\C/C=C\C/C=C\CC. The Morgan fingerprint density at radius 3 is 1.34 bits per heavy atom. The summed E-state index contributed by atoms with van der Waals surface area (Å²) in [6.45, 7) is 3.27. The van der Waals surface area contributed by atoms with Crippen LogP contribution in [0.3, 0.4) is 0 Å². The number of aliphatic hydroxyl groups excluding tert-OH is 7. The highest BCUT2D eigenvalue weighted by Crippen LogP contribution is 2.26. The molecular formula is C57H90O14. The van der Waals surface area contributed by atoms with Crippen molar-refractivity contribution in [1.29, 1.82) is 0 Å². The lowest BCUT2D eigenvalue weighted by molar-refractivity contribution is -0.332. The second kappa shape index (κ2) is 42.9. The van der Waals surface area contributed by atoms with Crippen LogP contribution in [0.25, 0.3) is 0 Å². The predicted molar refractivity (Wildman–Crippen MR) is 279 cm³/mol. The zero-order valence-electron chi connectivity index (χ0n) is 42.6. The lowest BCUT2D eigenvalue weighted by atomic mass is 9.98. The van der Waals surface area contributed by atoms with E-state index in [0.717, 1.165) is 103 Å². The Morgan fingerprint density at radius 1 is 0.465 bits per heavy atom. The van der Waals surface area contributed by atoms with E-state index in [1.807, 2.05) is 0 Å². The normalized spacial score (nSPS) is 26.3. The number of esters is 1. The van der Waals surface area contributed by atoms with Gasteiger partial charge in [0.1, 0.15) is 54.9 Å². The second-order valence-electron chi connectivity index (χ2n) is 17.6. The van der Waals surface area contributed by atoms with Gasteiger partial charge in [-0.25, -0.2) is 0 Å². The maximum atomic E-state index is 13.0. The molecule has 71 heavy (non-hydrogen) atoms. The highest BCUT2D eigenvalue weighted by Gasteiger charge is 2.47. The molecule has 7 N–H and O–H groups in total. The van der Waals surface area contributed by atoms with Crippen LogP contribution in [0.4, 0.5) is 0 Å². The Labute approximate surface area is 425 Å². The van der Waals surface area contributed by atoms with Crippen molar-refractivity contribution in [2.45, 2.75) is 197 Å². The van der Waals surface area contributed by atoms with Gasteiger partial charge in [0, 0.05) is 13.0 Å². The molecular weight excluding hydrogens is 909 g/mol. The fourth-order valence-electron chi connectivity index (χ4n) is 7.28. The highest BCUT2D eigenvalue weighted by atomic mass is 16.7. The minimum atomic E-state index is -1.73. The molecule has 0 amide bonds. The average Bonchev–Trinajstić information content (AvgIpc) is 3.37. The van der Waals surface area contributed by atoms with Gasteiger partial charge in [-0.3, -0.25) is 4.79 Å². The topological polar surface area (TPSA) is 214 Å². The van der Waals surface area contributed by atoms with Crippen molar-refractivity contribution >= 4 is 5.97 Å². The number of carbonyl (C=O) groups excluding carboxylic acids is 1. The smallest absolute Gasteiger partial charge is 0.306 e. The quantitative estimate of drug-likeness (QED) is 0.0176. The third-order valence-electron chi connectivity index (χ3n) is 11.5. The molecule has 2 saturated heterocycles. The van der Waals surface area contributed by atoms with Gasteiger partial charge in [-0.05, 0) is 103 Å². The van der Waals surface area contributed by atoms with Crippen molar-refractivity contribution < 1.29 is 69.0 Å². The van der Waals surface area contributed by atoms with Crippen LogP contribution in [-0.2, 0) is 33.2 Å². The summed E-state index contributed by atoms with van der Waals surface area (Å²) in [7, 11) is 0. The van der Waals surface area contributed by atoms with Gasteiger partial charge in [-0.15, -0.1) is 0 Å². The van der Waals surface area contributed by atoms with Crippen molar-refractivity contribution in [2.24, 2.45) is 0 Å². The lowest BCUT2D eigenvalue weighted by Crippen LogP contribution is -2.61. The molecule has 0 aromatic carbocycles. The summed E-state index contributed by atoms with van der Waals surface area (Å²) in [5.41, 5.74) is 0. The van der Waals surface area contributed by atoms with Gasteiger partial charge >= 0.3 is 5.97 Å². The Morgan fingerprint density at radius 2 is 0.873 bits per heavy atom. The molecule has 0 radical (unpaired) electrons. The van der Waals surface area contributed by atoms with Crippen LogP contribution < -0.4 is 0 Å². The summed E-state index contributed by atoms with van der Waals surface area (Å²) in [5, 5.41) is 72.2. The van der Waals surface area contributed by atoms with Gasteiger partial charge in [0.05, 0.1) is 26.4 Å². The zero-order chi connectivity index (χ0) is 51.6. The van der Waals surface area contributed by atoms with Crippen molar-refractivity contribution in [2.75, 3.05) is 33.0 Å². The van der Waals surface area contributed by atoms with E-state index in [1.54, 1.807) is 0 Å². The zero-order valence-corrected chi connectivity index (χ0v) is 42.6. The number of allylic oxidation sites excluding steroid dienone is 20. The van der Waals surface area contributed by atoms with E-state index < -0.39 is 86.7 Å². The summed E-state index contributed by atoms with van der Waals surface area (Å²) in [4.78, 5) is 13.0. The van der Waals surface area contributed by atoms with Crippen LogP contribution in [0.5, 0.6) is 0 Å². The van der Waals surface area contributed by atoms with Crippen molar-refractivity contribution in [1.82, 2.24) is 0 Å². The Balaban J connectivity index is 1.80. The Hall–Kier alpha value is -3.61. The predicted octanol–water partition coefficient (Wildman–Crippen LogP) is 8.18. The van der Waals surface area contributed by atoms with Gasteiger partial charge in [-0.1, -0.05) is 142 Å². The molecule has 402 valence electrons. The molecule has 0 spiro atoms. The molecule has 2 heterocycles. The van der Waals surface area contributed by atoms with Gasteiger partial charge in [-0.2, -0.15) is 0 Å². The van der Waals surface area contributed by atoms with Crippen LogP contribution >= 0.6 is 0 Å². The van der Waals surface area contributed by atoms with Gasteiger partial charge in [0.15, 0.2) is 12.6 Å². The van der Waals surface area contributed by atoms with E-state index in [2.05, 4.69) is 135 Å². The summed E-state index contributed by atoms with van der Waals surface area (Å²) >= 11 is 0. The fourth-order valence-corrected chi connectivity index (χ4v) is 7.28.